The van der Waals surface area contributed by atoms with Gasteiger partial charge in [-0.05, 0) is 42.3 Å². The van der Waals surface area contributed by atoms with E-state index in [4.69, 9.17) is 0 Å². The van der Waals surface area contributed by atoms with Gasteiger partial charge in [-0.15, -0.1) is 0 Å². The maximum atomic E-state index is 13.7. The van der Waals surface area contributed by atoms with Gasteiger partial charge in [-0.25, -0.2) is 13.2 Å². The molecule has 0 radical (unpaired) electrons. The highest BCUT2D eigenvalue weighted by molar-refractivity contribution is 5.94. The highest BCUT2D eigenvalue weighted by Gasteiger charge is 2.20. The minimum Gasteiger partial charge on any atom is -0.322 e. The molecule has 2 atom stereocenters. The summed E-state index contributed by atoms with van der Waals surface area (Å²) in [6, 6.07) is 14.7. The molecule has 3 aromatic carbocycles. The Bertz CT molecular complexity index is 985. The summed E-state index contributed by atoms with van der Waals surface area (Å²) < 4.78 is 40.0. The minimum absolute atomic E-state index is 0.161. The summed E-state index contributed by atoms with van der Waals surface area (Å²) in [5, 5.41) is 7.60. The fourth-order valence-corrected chi connectivity index (χ4v) is 3.03. The van der Waals surface area contributed by atoms with Crippen LogP contribution in [0, 0.1) is 17.5 Å². The summed E-state index contributed by atoms with van der Waals surface area (Å²) >= 11 is 0. The van der Waals surface area contributed by atoms with Crippen LogP contribution in [0.15, 0.2) is 54.6 Å². The van der Waals surface area contributed by atoms with Crippen LogP contribution >= 0.6 is 0 Å². The molecule has 0 saturated carbocycles. The first-order chi connectivity index (χ1) is 12.9. The Labute approximate surface area is 155 Å². The first-order valence-electron chi connectivity index (χ1n) is 8.56. The lowest BCUT2D eigenvalue weighted by molar-refractivity contribution is -0.118. The highest BCUT2D eigenvalue weighted by atomic mass is 19.2. The van der Waals surface area contributed by atoms with Crippen molar-refractivity contribution in [2.75, 3.05) is 5.32 Å². The number of benzene rings is 3. The number of amides is 1. The second-order valence-corrected chi connectivity index (χ2v) is 6.39. The van der Waals surface area contributed by atoms with Gasteiger partial charge in [0.1, 0.15) is 0 Å². The van der Waals surface area contributed by atoms with Gasteiger partial charge in [-0.2, -0.15) is 0 Å². The third-order valence-electron chi connectivity index (χ3n) is 4.48. The molecule has 0 aliphatic carbocycles. The summed E-state index contributed by atoms with van der Waals surface area (Å²) in [4.78, 5) is 12.3. The van der Waals surface area contributed by atoms with Crippen molar-refractivity contribution in [3.63, 3.8) is 0 Å². The van der Waals surface area contributed by atoms with Crippen molar-refractivity contribution in [2.45, 2.75) is 25.9 Å². The van der Waals surface area contributed by atoms with Crippen LogP contribution in [0.2, 0.25) is 0 Å². The molecule has 0 aliphatic heterocycles. The van der Waals surface area contributed by atoms with E-state index in [1.165, 1.54) is 0 Å². The number of anilines is 1. The lowest BCUT2D eigenvalue weighted by atomic mass is 9.99. The number of halogens is 3. The third kappa shape index (κ3) is 3.95. The molecule has 0 spiro atoms. The van der Waals surface area contributed by atoms with Crippen LogP contribution in [-0.2, 0) is 4.79 Å². The van der Waals surface area contributed by atoms with Crippen molar-refractivity contribution in [2.24, 2.45) is 0 Å². The van der Waals surface area contributed by atoms with Gasteiger partial charge in [0.25, 0.3) is 0 Å². The van der Waals surface area contributed by atoms with E-state index in [1.807, 2.05) is 49.4 Å². The molecule has 0 bridgehead atoms. The summed E-state index contributed by atoms with van der Waals surface area (Å²) in [5.74, 6) is -4.89. The second kappa shape index (κ2) is 7.80. The Balaban J connectivity index is 1.73. The zero-order chi connectivity index (χ0) is 19.6. The van der Waals surface area contributed by atoms with Gasteiger partial charge in [0, 0.05) is 6.04 Å². The highest BCUT2D eigenvalue weighted by Crippen LogP contribution is 2.25. The van der Waals surface area contributed by atoms with E-state index in [2.05, 4.69) is 10.6 Å². The molecular weight excluding hydrogens is 353 g/mol. The van der Waals surface area contributed by atoms with Crippen LogP contribution in [0.1, 0.15) is 25.5 Å². The average Bonchev–Trinajstić information content (AvgIpc) is 2.67. The Morgan fingerprint density at radius 1 is 0.889 bits per heavy atom. The summed E-state index contributed by atoms with van der Waals surface area (Å²) in [5.41, 5.74) is 0.622. The third-order valence-corrected chi connectivity index (χ3v) is 4.48. The smallest absolute Gasteiger partial charge is 0.241 e. The fourth-order valence-electron chi connectivity index (χ4n) is 3.03. The molecule has 0 heterocycles. The van der Waals surface area contributed by atoms with E-state index < -0.39 is 35.1 Å². The molecular formula is C21H19F3N2O. The standard InChI is InChI=1S/C21H19F3N2O/c1-12(15-9-5-7-14-6-3-4-8-16(14)15)25-13(2)21(27)26-18-11-10-17(22)19(23)20(18)24/h3-13,25H,1-2H3,(H,26,27)/t12-,13-/m0/s1. The van der Waals surface area contributed by atoms with Crippen LogP contribution < -0.4 is 10.6 Å². The molecule has 0 unspecified atom stereocenters. The Hall–Kier alpha value is -2.86. The van der Waals surface area contributed by atoms with E-state index in [1.54, 1.807) is 6.92 Å². The molecule has 140 valence electrons. The van der Waals surface area contributed by atoms with Gasteiger partial charge in [-0.1, -0.05) is 42.5 Å². The molecule has 3 nitrogen and oxygen atoms in total. The van der Waals surface area contributed by atoms with Gasteiger partial charge in [-0.3, -0.25) is 10.1 Å². The van der Waals surface area contributed by atoms with Crippen LogP contribution in [0.25, 0.3) is 10.8 Å². The maximum absolute atomic E-state index is 13.7. The molecule has 3 aromatic rings. The van der Waals surface area contributed by atoms with Crippen LogP contribution in [0.4, 0.5) is 18.9 Å². The van der Waals surface area contributed by atoms with Gasteiger partial charge in [0.15, 0.2) is 17.5 Å². The van der Waals surface area contributed by atoms with Crippen molar-refractivity contribution >= 4 is 22.4 Å². The van der Waals surface area contributed by atoms with Crippen LogP contribution in [0.5, 0.6) is 0 Å². The number of carbonyl (C=O) groups excluding carboxylic acids is 1. The molecule has 0 saturated heterocycles. The first-order valence-corrected chi connectivity index (χ1v) is 8.56. The number of hydrogen-bond donors (Lipinski definition) is 2. The maximum Gasteiger partial charge on any atom is 0.241 e. The van der Waals surface area contributed by atoms with Crippen molar-refractivity contribution in [1.82, 2.24) is 5.32 Å². The molecule has 27 heavy (non-hydrogen) atoms. The molecule has 0 fully saturated rings. The van der Waals surface area contributed by atoms with E-state index in [9.17, 15) is 18.0 Å². The monoisotopic (exact) mass is 372 g/mol. The van der Waals surface area contributed by atoms with Crippen LogP contribution in [-0.4, -0.2) is 11.9 Å². The predicted octanol–water partition coefficient (Wildman–Crippen LogP) is 4.93. The molecule has 3 rings (SSSR count). The zero-order valence-corrected chi connectivity index (χ0v) is 14.9. The van der Waals surface area contributed by atoms with Crippen molar-refractivity contribution in [3.05, 3.63) is 77.6 Å². The Morgan fingerprint density at radius 2 is 1.59 bits per heavy atom. The quantitative estimate of drug-likeness (QED) is 0.623. The topological polar surface area (TPSA) is 41.1 Å². The summed E-state index contributed by atoms with van der Waals surface area (Å²) in [6.07, 6.45) is 0. The predicted molar refractivity (Wildman–Crippen MR) is 99.9 cm³/mol. The normalized spacial score (nSPS) is 13.4. The fraction of sp³-hybridized carbons (Fsp3) is 0.190. The molecule has 0 aliphatic rings. The van der Waals surface area contributed by atoms with E-state index in [-0.39, 0.29) is 6.04 Å². The number of fused-ring (bicyclic) bond motifs is 1. The van der Waals surface area contributed by atoms with Gasteiger partial charge in [0.2, 0.25) is 5.91 Å². The molecule has 6 heteroatoms. The summed E-state index contributed by atoms with van der Waals surface area (Å²) in [6.45, 7) is 3.54. The number of rotatable bonds is 5. The average molecular weight is 372 g/mol. The van der Waals surface area contributed by atoms with E-state index >= 15 is 0 Å². The van der Waals surface area contributed by atoms with E-state index in [0.29, 0.717) is 0 Å². The van der Waals surface area contributed by atoms with Gasteiger partial charge >= 0.3 is 0 Å². The van der Waals surface area contributed by atoms with E-state index in [0.717, 1.165) is 28.5 Å². The lowest BCUT2D eigenvalue weighted by Crippen LogP contribution is -2.39. The van der Waals surface area contributed by atoms with Gasteiger partial charge in [0.05, 0.1) is 11.7 Å². The van der Waals surface area contributed by atoms with Crippen molar-refractivity contribution < 1.29 is 18.0 Å². The Kier molecular flexibility index (Phi) is 5.46. The number of carbonyl (C=O) groups is 1. The minimum atomic E-state index is -1.61. The number of hydrogen-bond acceptors (Lipinski definition) is 2. The molecule has 2 N–H and O–H groups in total. The first kappa shape index (κ1) is 18.9. The van der Waals surface area contributed by atoms with Crippen molar-refractivity contribution in [3.8, 4) is 0 Å². The van der Waals surface area contributed by atoms with Crippen LogP contribution in [0.3, 0.4) is 0 Å². The zero-order valence-electron chi connectivity index (χ0n) is 14.9. The Morgan fingerprint density at radius 3 is 2.37 bits per heavy atom. The largest absolute Gasteiger partial charge is 0.322 e. The lowest BCUT2D eigenvalue weighted by Gasteiger charge is -2.21. The number of nitrogens with one attached hydrogen (secondary N) is 2. The second-order valence-electron chi connectivity index (χ2n) is 6.39. The SMILES string of the molecule is C[C@H](N[C@@H](C)c1cccc2ccccc12)C(=O)Nc1ccc(F)c(F)c1F. The molecule has 1 amide bonds. The summed E-state index contributed by atoms with van der Waals surface area (Å²) in [7, 11) is 0. The molecule has 0 aromatic heterocycles. The van der Waals surface area contributed by atoms with Crippen molar-refractivity contribution in [1.29, 1.82) is 0 Å². The van der Waals surface area contributed by atoms with Gasteiger partial charge < -0.3 is 5.32 Å².